The molecule has 0 amide bonds. The lowest BCUT2D eigenvalue weighted by Gasteiger charge is -2.09. The van der Waals surface area contributed by atoms with E-state index in [1.165, 1.54) is 11.1 Å². The van der Waals surface area contributed by atoms with Gasteiger partial charge in [-0.25, -0.2) is 0 Å². The summed E-state index contributed by atoms with van der Waals surface area (Å²) in [6, 6.07) is 6.35. The zero-order valence-electron chi connectivity index (χ0n) is 10.1. The van der Waals surface area contributed by atoms with Gasteiger partial charge in [0.1, 0.15) is 5.75 Å². The third kappa shape index (κ3) is 4.45. The summed E-state index contributed by atoms with van der Waals surface area (Å²) in [7, 11) is 0. The Labute approximate surface area is 104 Å². The van der Waals surface area contributed by atoms with Crippen molar-refractivity contribution >= 4 is 12.6 Å². The zero-order chi connectivity index (χ0) is 11.8. The first-order valence-corrected chi connectivity index (χ1v) is 6.45. The molecule has 2 nitrogen and oxygen atoms in total. The summed E-state index contributed by atoms with van der Waals surface area (Å²) >= 11 is 4.18. The summed E-state index contributed by atoms with van der Waals surface area (Å²) in [5.74, 6) is 1.93. The average Bonchev–Trinajstić information content (AvgIpc) is 2.28. The van der Waals surface area contributed by atoms with E-state index in [0.717, 1.165) is 37.6 Å². The fourth-order valence-electron chi connectivity index (χ4n) is 1.58. The summed E-state index contributed by atoms with van der Waals surface area (Å²) in [5.41, 5.74) is 2.51. The van der Waals surface area contributed by atoms with Crippen LogP contribution in [0.15, 0.2) is 18.2 Å². The molecule has 0 aliphatic heterocycles. The Hall–Kier alpha value is -0.670. The molecule has 0 atom stereocenters. The van der Waals surface area contributed by atoms with Crippen LogP contribution < -0.4 is 10.1 Å². The van der Waals surface area contributed by atoms with Gasteiger partial charge >= 0.3 is 0 Å². The number of rotatable bonds is 7. The maximum Gasteiger partial charge on any atom is 0.122 e. The Morgan fingerprint density at radius 3 is 2.81 bits per heavy atom. The number of thiol groups is 1. The van der Waals surface area contributed by atoms with Gasteiger partial charge < -0.3 is 10.1 Å². The third-order valence-corrected chi connectivity index (χ3v) is 2.70. The second kappa shape index (κ2) is 7.58. The minimum absolute atomic E-state index is 0.723. The SMILES string of the molecule is CCOc1ccc(CNCCCS)cc1C. The van der Waals surface area contributed by atoms with Crippen molar-refractivity contribution in [2.24, 2.45) is 0 Å². The van der Waals surface area contributed by atoms with E-state index in [2.05, 4.69) is 43.1 Å². The molecule has 0 bridgehead atoms. The first-order valence-electron chi connectivity index (χ1n) is 5.81. The van der Waals surface area contributed by atoms with E-state index in [0.29, 0.717) is 0 Å². The van der Waals surface area contributed by atoms with Crippen molar-refractivity contribution in [3.63, 3.8) is 0 Å². The molecule has 0 aliphatic rings. The van der Waals surface area contributed by atoms with E-state index in [1.807, 2.05) is 6.92 Å². The first-order chi connectivity index (χ1) is 7.77. The highest BCUT2D eigenvalue weighted by Gasteiger charge is 2.00. The van der Waals surface area contributed by atoms with Crippen molar-refractivity contribution in [2.45, 2.75) is 26.8 Å². The maximum absolute atomic E-state index is 5.50. The van der Waals surface area contributed by atoms with Gasteiger partial charge in [-0.05, 0) is 49.8 Å². The van der Waals surface area contributed by atoms with Gasteiger partial charge in [-0.2, -0.15) is 12.6 Å². The summed E-state index contributed by atoms with van der Waals surface area (Å²) in [6.07, 6.45) is 1.11. The molecule has 0 saturated heterocycles. The molecule has 0 radical (unpaired) electrons. The molecule has 0 saturated carbocycles. The minimum Gasteiger partial charge on any atom is -0.494 e. The molecule has 1 aromatic carbocycles. The van der Waals surface area contributed by atoms with E-state index in [4.69, 9.17) is 4.74 Å². The zero-order valence-corrected chi connectivity index (χ0v) is 11.0. The number of hydrogen-bond donors (Lipinski definition) is 2. The Kier molecular flexibility index (Phi) is 6.34. The van der Waals surface area contributed by atoms with Crippen LogP contribution >= 0.6 is 12.6 Å². The predicted octanol–water partition coefficient (Wildman–Crippen LogP) is 2.80. The van der Waals surface area contributed by atoms with Crippen LogP contribution in [0.1, 0.15) is 24.5 Å². The van der Waals surface area contributed by atoms with E-state index in [-0.39, 0.29) is 0 Å². The topological polar surface area (TPSA) is 21.3 Å². The van der Waals surface area contributed by atoms with E-state index >= 15 is 0 Å². The lowest BCUT2D eigenvalue weighted by atomic mass is 10.1. The maximum atomic E-state index is 5.50. The molecular weight excluding hydrogens is 218 g/mol. The largest absolute Gasteiger partial charge is 0.494 e. The van der Waals surface area contributed by atoms with Crippen molar-refractivity contribution in [2.75, 3.05) is 18.9 Å². The van der Waals surface area contributed by atoms with Crippen LogP contribution in [0, 0.1) is 6.92 Å². The van der Waals surface area contributed by atoms with Gasteiger partial charge in [-0.15, -0.1) is 0 Å². The standard InChI is InChI=1S/C13H21NOS/c1-3-15-13-6-5-12(9-11(13)2)10-14-7-4-8-16/h5-6,9,14,16H,3-4,7-8,10H2,1-2H3. The van der Waals surface area contributed by atoms with Crippen molar-refractivity contribution in [1.82, 2.24) is 5.32 Å². The van der Waals surface area contributed by atoms with Crippen LogP contribution in [0.2, 0.25) is 0 Å². The van der Waals surface area contributed by atoms with E-state index < -0.39 is 0 Å². The highest BCUT2D eigenvalue weighted by molar-refractivity contribution is 7.80. The summed E-state index contributed by atoms with van der Waals surface area (Å²) in [4.78, 5) is 0. The molecule has 0 aliphatic carbocycles. The molecule has 0 unspecified atom stereocenters. The summed E-state index contributed by atoms with van der Waals surface area (Å²) in [5, 5.41) is 3.39. The second-order valence-corrected chi connectivity index (χ2v) is 4.23. The number of benzene rings is 1. The van der Waals surface area contributed by atoms with Crippen LogP contribution in [0.4, 0.5) is 0 Å². The minimum atomic E-state index is 0.723. The molecule has 1 aromatic rings. The van der Waals surface area contributed by atoms with Crippen LogP contribution in [-0.2, 0) is 6.54 Å². The molecule has 1 rings (SSSR count). The summed E-state index contributed by atoms with van der Waals surface area (Å²) in [6.45, 7) is 6.76. The lowest BCUT2D eigenvalue weighted by Crippen LogP contribution is -2.15. The monoisotopic (exact) mass is 239 g/mol. The van der Waals surface area contributed by atoms with Crippen LogP contribution in [0.3, 0.4) is 0 Å². The van der Waals surface area contributed by atoms with Crippen LogP contribution in [0.25, 0.3) is 0 Å². The molecular formula is C13H21NOS. The van der Waals surface area contributed by atoms with Gasteiger partial charge in [-0.3, -0.25) is 0 Å². The Bertz CT molecular complexity index is 315. The molecule has 1 N–H and O–H groups in total. The van der Waals surface area contributed by atoms with Gasteiger partial charge in [0.15, 0.2) is 0 Å². The van der Waals surface area contributed by atoms with Crippen molar-refractivity contribution in [1.29, 1.82) is 0 Å². The Morgan fingerprint density at radius 2 is 2.19 bits per heavy atom. The number of hydrogen-bond acceptors (Lipinski definition) is 3. The quantitative estimate of drug-likeness (QED) is 0.564. The third-order valence-electron chi connectivity index (χ3n) is 2.38. The highest BCUT2D eigenvalue weighted by atomic mass is 32.1. The van der Waals surface area contributed by atoms with Gasteiger partial charge in [-0.1, -0.05) is 12.1 Å². The van der Waals surface area contributed by atoms with Gasteiger partial charge in [0.2, 0.25) is 0 Å². The van der Waals surface area contributed by atoms with Crippen LogP contribution in [-0.4, -0.2) is 18.9 Å². The van der Waals surface area contributed by atoms with E-state index in [1.54, 1.807) is 0 Å². The first kappa shape index (κ1) is 13.4. The average molecular weight is 239 g/mol. The molecule has 0 spiro atoms. The van der Waals surface area contributed by atoms with Crippen molar-refractivity contribution in [3.8, 4) is 5.75 Å². The van der Waals surface area contributed by atoms with E-state index in [9.17, 15) is 0 Å². The number of nitrogens with one attached hydrogen (secondary N) is 1. The number of ether oxygens (including phenoxy) is 1. The van der Waals surface area contributed by atoms with Crippen molar-refractivity contribution < 1.29 is 4.74 Å². The highest BCUT2D eigenvalue weighted by Crippen LogP contribution is 2.18. The molecule has 90 valence electrons. The Balaban J connectivity index is 2.46. The molecule has 0 aromatic heterocycles. The molecule has 16 heavy (non-hydrogen) atoms. The Morgan fingerprint density at radius 1 is 1.38 bits per heavy atom. The van der Waals surface area contributed by atoms with Crippen LogP contribution in [0.5, 0.6) is 5.75 Å². The van der Waals surface area contributed by atoms with Gasteiger partial charge in [0.05, 0.1) is 6.61 Å². The predicted molar refractivity (Wildman–Crippen MR) is 72.5 cm³/mol. The summed E-state index contributed by atoms with van der Waals surface area (Å²) < 4.78 is 5.50. The normalized spacial score (nSPS) is 10.4. The van der Waals surface area contributed by atoms with Gasteiger partial charge in [0.25, 0.3) is 0 Å². The fraction of sp³-hybridized carbons (Fsp3) is 0.538. The molecule has 3 heteroatoms. The van der Waals surface area contributed by atoms with Crippen molar-refractivity contribution in [3.05, 3.63) is 29.3 Å². The molecule has 0 fully saturated rings. The molecule has 0 heterocycles. The lowest BCUT2D eigenvalue weighted by molar-refractivity contribution is 0.338. The smallest absolute Gasteiger partial charge is 0.122 e. The fourth-order valence-corrected chi connectivity index (χ4v) is 1.73. The second-order valence-electron chi connectivity index (χ2n) is 3.79. The number of aryl methyl sites for hydroxylation is 1. The van der Waals surface area contributed by atoms with Gasteiger partial charge in [0, 0.05) is 6.54 Å².